The summed E-state index contributed by atoms with van der Waals surface area (Å²) in [6, 6.07) is 27.0. The van der Waals surface area contributed by atoms with E-state index in [0.29, 0.717) is 24.4 Å². The Hall–Kier alpha value is -3.90. The normalized spacial score (nSPS) is 15.9. The van der Waals surface area contributed by atoms with Crippen LogP contribution in [0.1, 0.15) is 23.4 Å². The van der Waals surface area contributed by atoms with Gasteiger partial charge in [0.15, 0.2) is 0 Å². The fourth-order valence-corrected chi connectivity index (χ4v) is 4.21. The quantitative estimate of drug-likeness (QED) is 0.336. The molecule has 0 N–H and O–H groups in total. The molecule has 6 heteroatoms. The molecule has 178 valence electrons. The number of rotatable bonds is 8. The molecular formula is C29H30N4O2. The molecule has 0 amide bonds. The van der Waals surface area contributed by atoms with Crippen LogP contribution >= 0.6 is 0 Å². The van der Waals surface area contributed by atoms with Crippen LogP contribution in [0, 0.1) is 0 Å². The Morgan fingerprint density at radius 3 is 2.43 bits per heavy atom. The zero-order valence-electron chi connectivity index (χ0n) is 20.2. The molecule has 35 heavy (non-hydrogen) atoms. The van der Waals surface area contributed by atoms with Crippen LogP contribution in [0.2, 0.25) is 0 Å². The van der Waals surface area contributed by atoms with Crippen LogP contribution in [0.4, 0.5) is 5.69 Å². The van der Waals surface area contributed by atoms with Gasteiger partial charge in [-0.1, -0.05) is 42.5 Å². The van der Waals surface area contributed by atoms with Gasteiger partial charge in [-0.15, -0.1) is 10.2 Å². The monoisotopic (exact) mass is 466 g/mol. The molecule has 1 atom stereocenters. The lowest BCUT2D eigenvalue weighted by molar-refractivity contribution is 0.306. The first kappa shape index (κ1) is 22.9. The Kier molecular flexibility index (Phi) is 6.91. The lowest BCUT2D eigenvalue weighted by Gasteiger charge is -2.21. The minimum absolute atomic E-state index is 0.474. The Balaban J connectivity index is 1.17. The van der Waals surface area contributed by atoms with Gasteiger partial charge >= 0.3 is 0 Å². The molecule has 0 aliphatic carbocycles. The van der Waals surface area contributed by atoms with Crippen LogP contribution in [-0.4, -0.2) is 48.3 Å². The molecule has 1 aliphatic rings. The first-order chi connectivity index (χ1) is 17.1. The summed E-state index contributed by atoms with van der Waals surface area (Å²) in [5.74, 6) is 1.83. The summed E-state index contributed by atoms with van der Waals surface area (Å²) in [5.41, 5.74) is 4.33. The third-order valence-electron chi connectivity index (χ3n) is 6.36. The predicted octanol–water partition coefficient (Wildman–Crippen LogP) is 5.63. The summed E-state index contributed by atoms with van der Waals surface area (Å²) < 4.78 is 11.7. The highest BCUT2D eigenvalue weighted by Gasteiger charge is 2.24. The molecule has 3 aromatic carbocycles. The van der Waals surface area contributed by atoms with Crippen LogP contribution < -0.4 is 9.64 Å². The van der Waals surface area contributed by atoms with Crippen molar-refractivity contribution in [1.82, 2.24) is 15.1 Å². The third-order valence-corrected chi connectivity index (χ3v) is 6.36. The lowest BCUT2D eigenvalue weighted by atomic mass is 10.2. The Bertz CT molecular complexity index is 1250. The maximum atomic E-state index is 5.86. The van der Waals surface area contributed by atoms with Gasteiger partial charge in [-0.3, -0.25) is 0 Å². The Labute approximate surface area is 206 Å². The molecule has 0 saturated carbocycles. The Morgan fingerprint density at radius 2 is 1.71 bits per heavy atom. The van der Waals surface area contributed by atoms with Gasteiger partial charge in [0.2, 0.25) is 11.8 Å². The first-order valence-corrected chi connectivity index (χ1v) is 11.9. The number of hydrogen-bond acceptors (Lipinski definition) is 6. The van der Waals surface area contributed by atoms with E-state index < -0.39 is 0 Å². The van der Waals surface area contributed by atoms with E-state index in [-0.39, 0.29) is 0 Å². The van der Waals surface area contributed by atoms with Gasteiger partial charge in [-0.2, -0.15) is 0 Å². The molecule has 1 fully saturated rings. The standard InChI is InChI=1S/C29H30N4O2/c1-32(2)26-18-19-33(20-26)25-13-11-24(12-14-25)29-31-30-28(35-29)17-10-22-8-15-27(16-9-22)34-21-23-6-4-3-5-7-23/h3-17,26H,18-21H2,1-2H3. The van der Waals surface area contributed by atoms with Crippen molar-refractivity contribution < 1.29 is 9.15 Å². The van der Waals surface area contributed by atoms with Gasteiger partial charge in [0.25, 0.3) is 0 Å². The summed E-state index contributed by atoms with van der Waals surface area (Å²) in [4.78, 5) is 4.73. The molecule has 2 heterocycles. The molecule has 0 radical (unpaired) electrons. The van der Waals surface area contributed by atoms with Crippen molar-refractivity contribution in [2.45, 2.75) is 19.1 Å². The van der Waals surface area contributed by atoms with Crippen molar-refractivity contribution in [3.05, 3.63) is 95.9 Å². The molecule has 1 aromatic heterocycles. The average Bonchev–Trinajstić information content (AvgIpc) is 3.58. The van der Waals surface area contributed by atoms with E-state index in [9.17, 15) is 0 Å². The fourth-order valence-electron chi connectivity index (χ4n) is 4.21. The summed E-state index contributed by atoms with van der Waals surface area (Å²) in [5, 5.41) is 8.39. The largest absolute Gasteiger partial charge is 0.489 e. The van der Waals surface area contributed by atoms with Crippen LogP contribution in [0.25, 0.3) is 23.6 Å². The van der Waals surface area contributed by atoms with E-state index in [1.165, 1.54) is 12.1 Å². The number of anilines is 1. The van der Waals surface area contributed by atoms with Crippen LogP contribution in [0.3, 0.4) is 0 Å². The van der Waals surface area contributed by atoms with E-state index in [2.05, 4.69) is 58.4 Å². The molecule has 6 nitrogen and oxygen atoms in total. The second-order valence-electron chi connectivity index (χ2n) is 9.02. The molecule has 0 spiro atoms. The summed E-state index contributed by atoms with van der Waals surface area (Å²) in [7, 11) is 4.30. The van der Waals surface area contributed by atoms with Crippen molar-refractivity contribution in [2.24, 2.45) is 0 Å². The second-order valence-corrected chi connectivity index (χ2v) is 9.02. The molecule has 4 aromatic rings. The van der Waals surface area contributed by atoms with Gasteiger partial charge in [-0.25, -0.2) is 0 Å². The van der Waals surface area contributed by atoms with Gasteiger partial charge < -0.3 is 19.0 Å². The minimum atomic E-state index is 0.474. The van der Waals surface area contributed by atoms with Crippen LogP contribution in [-0.2, 0) is 6.61 Å². The lowest BCUT2D eigenvalue weighted by Crippen LogP contribution is -2.31. The van der Waals surface area contributed by atoms with Crippen LogP contribution in [0.15, 0.2) is 83.3 Å². The maximum absolute atomic E-state index is 5.86. The fraction of sp³-hybridized carbons (Fsp3) is 0.241. The second kappa shape index (κ2) is 10.6. The van der Waals surface area contributed by atoms with Crippen molar-refractivity contribution in [3.8, 4) is 17.2 Å². The molecule has 1 saturated heterocycles. The number of likely N-dealkylation sites (N-methyl/N-ethyl adjacent to an activating group) is 1. The van der Waals surface area contributed by atoms with Crippen LogP contribution in [0.5, 0.6) is 5.75 Å². The van der Waals surface area contributed by atoms with E-state index in [1.807, 2.05) is 66.7 Å². The highest BCUT2D eigenvalue weighted by Crippen LogP contribution is 2.26. The number of ether oxygens (including phenoxy) is 1. The zero-order chi connectivity index (χ0) is 24.0. The zero-order valence-corrected chi connectivity index (χ0v) is 20.2. The van der Waals surface area contributed by atoms with Gasteiger partial charge in [0, 0.05) is 36.5 Å². The first-order valence-electron chi connectivity index (χ1n) is 11.9. The number of nitrogens with zero attached hydrogens (tertiary/aromatic N) is 4. The smallest absolute Gasteiger partial charge is 0.248 e. The van der Waals surface area contributed by atoms with E-state index in [0.717, 1.165) is 35.5 Å². The topological polar surface area (TPSA) is 54.6 Å². The molecular weight excluding hydrogens is 436 g/mol. The third kappa shape index (κ3) is 5.78. The van der Waals surface area contributed by atoms with Gasteiger partial charge in [0.05, 0.1) is 0 Å². The van der Waals surface area contributed by atoms with Crippen molar-refractivity contribution in [2.75, 3.05) is 32.1 Å². The van der Waals surface area contributed by atoms with Crippen molar-refractivity contribution >= 4 is 17.8 Å². The average molecular weight is 467 g/mol. The predicted molar refractivity (Wildman–Crippen MR) is 140 cm³/mol. The molecule has 0 bridgehead atoms. The number of aromatic nitrogens is 2. The van der Waals surface area contributed by atoms with Crippen molar-refractivity contribution in [3.63, 3.8) is 0 Å². The molecule has 1 unspecified atom stereocenters. The highest BCUT2D eigenvalue weighted by molar-refractivity contribution is 5.67. The minimum Gasteiger partial charge on any atom is -0.489 e. The van der Waals surface area contributed by atoms with E-state index >= 15 is 0 Å². The highest BCUT2D eigenvalue weighted by atomic mass is 16.5. The number of benzene rings is 3. The summed E-state index contributed by atoms with van der Waals surface area (Å²) in [6.45, 7) is 2.69. The number of hydrogen-bond donors (Lipinski definition) is 0. The molecule has 1 aliphatic heterocycles. The SMILES string of the molecule is CN(C)C1CCN(c2ccc(-c3nnc(C=Cc4ccc(OCc5ccccc5)cc4)o3)cc2)C1. The van der Waals surface area contributed by atoms with E-state index in [4.69, 9.17) is 9.15 Å². The molecule has 5 rings (SSSR count). The van der Waals surface area contributed by atoms with Gasteiger partial charge in [0.1, 0.15) is 12.4 Å². The van der Waals surface area contributed by atoms with Crippen molar-refractivity contribution in [1.29, 1.82) is 0 Å². The maximum Gasteiger partial charge on any atom is 0.248 e. The summed E-state index contributed by atoms with van der Waals surface area (Å²) >= 11 is 0. The van der Waals surface area contributed by atoms with Gasteiger partial charge in [-0.05, 0) is 74.1 Å². The van der Waals surface area contributed by atoms with E-state index in [1.54, 1.807) is 0 Å². The Morgan fingerprint density at radius 1 is 0.943 bits per heavy atom. The summed E-state index contributed by atoms with van der Waals surface area (Å²) in [6.07, 6.45) is 4.98.